The van der Waals surface area contributed by atoms with Gasteiger partial charge in [-0.15, -0.1) is 0 Å². The van der Waals surface area contributed by atoms with E-state index in [4.69, 9.17) is 5.11 Å². The van der Waals surface area contributed by atoms with E-state index >= 15 is 0 Å². The third-order valence-corrected chi connectivity index (χ3v) is 2.03. The molecule has 0 saturated heterocycles. The van der Waals surface area contributed by atoms with Crippen LogP contribution in [-0.2, 0) is 4.79 Å². The van der Waals surface area contributed by atoms with Crippen molar-refractivity contribution in [1.29, 1.82) is 0 Å². The average Bonchev–Trinajstić information content (AvgIpc) is 2.20. The lowest BCUT2D eigenvalue weighted by Crippen LogP contribution is -2.18. The Labute approximate surface area is 92.7 Å². The molecule has 1 aromatic carbocycles. The van der Waals surface area contributed by atoms with E-state index in [-0.39, 0.29) is 28.8 Å². The zero-order chi connectivity index (χ0) is 12.3. The highest BCUT2D eigenvalue weighted by Gasteiger charge is 2.12. The second-order valence-corrected chi connectivity index (χ2v) is 3.68. The first-order valence-corrected chi connectivity index (χ1v) is 4.79. The number of rotatable bonds is 3. The number of benzene rings is 1. The van der Waals surface area contributed by atoms with E-state index in [0.29, 0.717) is 0 Å². The second-order valence-electron chi connectivity index (χ2n) is 3.68. The van der Waals surface area contributed by atoms with Crippen LogP contribution in [0.3, 0.4) is 0 Å². The van der Waals surface area contributed by atoms with Gasteiger partial charge < -0.3 is 15.5 Å². The predicted molar refractivity (Wildman–Crippen MR) is 58.5 cm³/mol. The molecule has 0 heterocycles. The summed E-state index contributed by atoms with van der Waals surface area (Å²) < 4.78 is 0. The fourth-order valence-corrected chi connectivity index (χ4v) is 1.05. The number of phenolic OH excluding ortho intramolecular Hbond substituents is 1. The SMILES string of the molecule is CC(C)C(=O)Nc1cc(C(=O)O)ccc1O. The monoisotopic (exact) mass is 223 g/mol. The first kappa shape index (κ1) is 12.0. The number of aromatic hydroxyl groups is 1. The summed E-state index contributed by atoms with van der Waals surface area (Å²) in [4.78, 5) is 22.1. The van der Waals surface area contributed by atoms with Crippen molar-refractivity contribution in [2.45, 2.75) is 13.8 Å². The van der Waals surface area contributed by atoms with Crippen LogP contribution in [0.4, 0.5) is 5.69 Å². The minimum Gasteiger partial charge on any atom is -0.506 e. The Morgan fingerprint density at radius 2 is 1.94 bits per heavy atom. The minimum atomic E-state index is -1.11. The molecule has 0 saturated carbocycles. The van der Waals surface area contributed by atoms with E-state index in [1.54, 1.807) is 13.8 Å². The molecule has 0 fully saturated rings. The fourth-order valence-electron chi connectivity index (χ4n) is 1.05. The normalized spacial score (nSPS) is 10.2. The lowest BCUT2D eigenvalue weighted by Gasteiger charge is -2.09. The Hall–Kier alpha value is -2.04. The number of phenols is 1. The lowest BCUT2D eigenvalue weighted by atomic mass is 10.1. The van der Waals surface area contributed by atoms with Gasteiger partial charge in [0.1, 0.15) is 5.75 Å². The van der Waals surface area contributed by atoms with Gasteiger partial charge in [-0.3, -0.25) is 4.79 Å². The number of amides is 1. The highest BCUT2D eigenvalue weighted by Crippen LogP contribution is 2.24. The topological polar surface area (TPSA) is 86.6 Å². The Morgan fingerprint density at radius 1 is 1.31 bits per heavy atom. The number of nitrogens with one attached hydrogen (secondary N) is 1. The third kappa shape index (κ3) is 2.73. The third-order valence-electron chi connectivity index (χ3n) is 2.03. The molecule has 5 nitrogen and oxygen atoms in total. The summed E-state index contributed by atoms with van der Waals surface area (Å²) in [5.41, 5.74) is 0.121. The van der Waals surface area contributed by atoms with Gasteiger partial charge in [-0.2, -0.15) is 0 Å². The zero-order valence-corrected chi connectivity index (χ0v) is 9.02. The molecule has 16 heavy (non-hydrogen) atoms. The van der Waals surface area contributed by atoms with Gasteiger partial charge in [-0.1, -0.05) is 13.8 Å². The molecule has 1 aromatic rings. The summed E-state index contributed by atoms with van der Waals surface area (Å²) in [6.07, 6.45) is 0. The molecular formula is C11H13NO4. The molecular weight excluding hydrogens is 210 g/mol. The van der Waals surface area contributed by atoms with Gasteiger partial charge in [-0.05, 0) is 18.2 Å². The second kappa shape index (κ2) is 4.65. The molecule has 0 aliphatic rings. The molecule has 86 valence electrons. The highest BCUT2D eigenvalue weighted by molar-refractivity contribution is 5.96. The summed E-state index contributed by atoms with van der Waals surface area (Å²) in [5, 5.41) is 20.6. The van der Waals surface area contributed by atoms with Crippen LogP contribution < -0.4 is 5.32 Å². The molecule has 0 aliphatic heterocycles. The first-order chi connectivity index (χ1) is 7.41. The van der Waals surface area contributed by atoms with E-state index in [2.05, 4.69) is 5.32 Å². The first-order valence-electron chi connectivity index (χ1n) is 4.79. The van der Waals surface area contributed by atoms with Gasteiger partial charge in [0, 0.05) is 5.92 Å². The molecule has 3 N–H and O–H groups in total. The number of carboxylic acids is 1. The number of aromatic carboxylic acids is 1. The van der Waals surface area contributed by atoms with Crippen LogP contribution in [0.2, 0.25) is 0 Å². The largest absolute Gasteiger partial charge is 0.506 e. The van der Waals surface area contributed by atoms with Crippen LogP contribution in [0.1, 0.15) is 24.2 Å². The number of carbonyl (C=O) groups excluding carboxylic acids is 1. The van der Waals surface area contributed by atoms with Gasteiger partial charge >= 0.3 is 5.97 Å². The van der Waals surface area contributed by atoms with E-state index < -0.39 is 5.97 Å². The molecule has 1 rings (SSSR count). The molecule has 0 spiro atoms. The molecule has 0 aromatic heterocycles. The average molecular weight is 223 g/mol. The lowest BCUT2D eigenvalue weighted by molar-refractivity contribution is -0.118. The van der Waals surface area contributed by atoms with Gasteiger partial charge in [0.15, 0.2) is 0 Å². The molecule has 0 radical (unpaired) electrons. The van der Waals surface area contributed by atoms with Crippen molar-refractivity contribution in [3.8, 4) is 5.75 Å². The molecule has 0 aliphatic carbocycles. The Balaban J connectivity index is 2.99. The van der Waals surface area contributed by atoms with E-state index in [9.17, 15) is 14.7 Å². The molecule has 0 unspecified atom stereocenters. The summed E-state index contributed by atoms with van der Waals surface area (Å²) in [6.45, 7) is 3.40. The summed E-state index contributed by atoms with van der Waals surface area (Å²) in [5.74, 6) is -1.79. The molecule has 0 bridgehead atoms. The predicted octanol–water partition coefficient (Wildman–Crippen LogP) is 1.68. The zero-order valence-electron chi connectivity index (χ0n) is 9.02. The van der Waals surface area contributed by atoms with Crippen LogP contribution in [0.5, 0.6) is 5.75 Å². The summed E-state index contributed by atoms with van der Waals surface area (Å²) in [7, 11) is 0. The Kier molecular flexibility index (Phi) is 3.50. The van der Waals surface area contributed by atoms with Gasteiger partial charge in [0.05, 0.1) is 11.3 Å². The van der Waals surface area contributed by atoms with Gasteiger partial charge in [0.25, 0.3) is 0 Å². The minimum absolute atomic E-state index is 0.0110. The van der Waals surface area contributed by atoms with E-state index in [1.807, 2.05) is 0 Å². The van der Waals surface area contributed by atoms with Crippen LogP contribution >= 0.6 is 0 Å². The van der Waals surface area contributed by atoms with E-state index in [0.717, 1.165) is 0 Å². The fraction of sp³-hybridized carbons (Fsp3) is 0.273. The van der Waals surface area contributed by atoms with Crippen molar-refractivity contribution in [3.05, 3.63) is 23.8 Å². The maximum Gasteiger partial charge on any atom is 0.335 e. The summed E-state index contributed by atoms with van der Waals surface area (Å²) in [6, 6.07) is 3.72. The highest BCUT2D eigenvalue weighted by atomic mass is 16.4. The number of anilines is 1. The standard InChI is InChI=1S/C11H13NO4/c1-6(2)10(14)12-8-5-7(11(15)16)3-4-9(8)13/h3-6,13H,1-2H3,(H,12,14)(H,15,16). The van der Waals surface area contributed by atoms with Crippen molar-refractivity contribution in [1.82, 2.24) is 0 Å². The van der Waals surface area contributed by atoms with Crippen molar-refractivity contribution in [3.63, 3.8) is 0 Å². The molecule has 5 heteroatoms. The molecule has 0 atom stereocenters. The van der Waals surface area contributed by atoms with Crippen LogP contribution in [0.25, 0.3) is 0 Å². The van der Waals surface area contributed by atoms with Gasteiger partial charge in [-0.25, -0.2) is 4.79 Å². The number of carboxylic acid groups (broad SMARTS) is 1. The van der Waals surface area contributed by atoms with Crippen molar-refractivity contribution < 1.29 is 19.8 Å². The maximum absolute atomic E-state index is 11.4. The molecule has 1 amide bonds. The number of carbonyl (C=O) groups is 2. The Bertz CT molecular complexity index is 426. The van der Waals surface area contributed by atoms with Gasteiger partial charge in [0.2, 0.25) is 5.91 Å². The van der Waals surface area contributed by atoms with Crippen LogP contribution in [0, 0.1) is 5.92 Å². The number of hydrogen-bond acceptors (Lipinski definition) is 3. The quantitative estimate of drug-likeness (QED) is 0.680. The van der Waals surface area contributed by atoms with Crippen LogP contribution in [0.15, 0.2) is 18.2 Å². The van der Waals surface area contributed by atoms with Crippen molar-refractivity contribution >= 4 is 17.6 Å². The van der Waals surface area contributed by atoms with Crippen LogP contribution in [-0.4, -0.2) is 22.1 Å². The Morgan fingerprint density at radius 3 is 2.44 bits per heavy atom. The maximum atomic E-state index is 11.4. The smallest absolute Gasteiger partial charge is 0.335 e. The number of hydrogen-bond donors (Lipinski definition) is 3. The van der Waals surface area contributed by atoms with Crippen molar-refractivity contribution in [2.75, 3.05) is 5.32 Å². The van der Waals surface area contributed by atoms with E-state index in [1.165, 1.54) is 18.2 Å². The van der Waals surface area contributed by atoms with Crippen molar-refractivity contribution in [2.24, 2.45) is 5.92 Å². The summed E-state index contributed by atoms with van der Waals surface area (Å²) >= 11 is 0.